The molecule has 2 rings (SSSR count). The normalized spacial score (nSPS) is 31.8. The smallest absolute Gasteiger partial charge is 0.227 e. The molecule has 1 unspecified atom stereocenters. The standard InChI is InChI=1S/C11H20N2O/c1-11(5-7-12-8-11)10(14)13-6-4-9-2-3-9/h9,12H,2-8H2,1H3,(H,13,14). The Hall–Kier alpha value is -0.570. The molecule has 0 aromatic rings. The Morgan fingerprint density at radius 3 is 2.93 bits per heavy atom. The molecule has 2 N–H and O–H groups in total. The summed E-state index contributed by atoms with van der Waals surface area (Å²) in [6.45, 7) is 4.74. The zero-order valence-electron chi connectivity index (χ0n) is 8.94. The fourth-order valence-corrected chi connectivity index (χ4v) is 2.02. The van der Waals surface area contributed by atoms with Gasteiger partial charge >= 0.3 is 0 Å². The van der Waals surface area contributed by atoms with E-state index in [0.29, 0.717) is 0 Å². The van der Waals surface area contributed by atoms with E-state index in [-0.39, 0.29) is 11.3 Å². The highest BCUT2D eigenvalue weighted by Gasteiger charge is 2.36. The van der Waals surface area contributed by atoms with Gasteiger partial charge in [0, 0.05) is 13.1 Å². The molecular formula is C11H20N2O. The monoisotopic (exact) mass is 196 g/mol. The minimum absolute atomic E-state index is 0.149. The lowest BCUT2D eigenvalue weighted by atomic mass is 9.89. The molecule has 0 radical (unpaired) electrons. The molecule has 0 bridgehead atoms. The second-order valence-corrected chi connectivity index (χ2v) is 4.98. The van der Waals surface area contributed by atoms with Crippen LogP contribution >= 0.6 is 0 Å². The van der Waals surface area contributed by atoms with Gasteiger partial charge in [0.2, 0.25) is 5.91 Å². The van der Waals surface area contributed by atoms with Gasteiger partial charge in [-0.25, -0.2) is 0 Å². The molecule has 2 fully saturated rings. The van der Waals surface area contributed by atoms with Crippen LogP contribution in [0.5, 0.6) is 0 Å². The summed E-state index contributed by atoms with van der Waals surface area (Å²) in [5.41, 5.74) is -0.149. The molecule has 0 spiro atoms. The average Bonchev–Trinajstić information content (AvgIpc) is 2.88. The van der Waals surface area contributed by atoms with Gasteiger partial charge in [0.25, 0.3) is 0 Å². The third kappa shape index (κ3) is 2.27. The van der Waals surface area contributed by atoms with Crippen LogP contribution < -0.4 is 10.6 Å². The number of nitrogens with one attached hydrogen (secondary N) is 2. The van der Waals surface area contributed by atoms with Crippen molar-refractivity contribution in [3.05, 3.63) is 0 Å². The van der Waals surface area contributed by atoms with E-state index in [1.807, 2.05) is 0 Å². The van der Waals surface area contributed by atoms with Gasteiger partial charge in [0.1, 0.15) is 0 Å². The molecule has 1 saturated carbocycles. The number of carbonyl (C=O) groups is 1. The first-order valence-corrected chi connectivity index (χ1v) is 5.70. The number of hydrogen-bond donors (Lipinski definition) is 2. The second kappa shape index (κ2) is 3.89. The van der Waals surface area contributed by atoms with Gasteiger partial charge < -0.3 is 10.6 Å². The largest absolute Gasteiger partial charge is 0.356 e. The van der Waals surface area contributed by atoms with Crippen molar-refractivity contribution >= 4 is 5.91 Å². The van der Waals surface area contributed by atoms with Crippen LogP contribution in [0, 0.1) is 11.3 Å². The molecule has 1 heterocycles. The lowest BCUT2D eigenvalue weighted by molar-refractivity contribution is -0.129. The van der Waals surface area contributed by atoms with Crippen LogP contribution in [-0.2, 0) is 4.79 Å². The molecule has 1 saturated heterocycles. The van der Waals surface area contributed by atoms with Crippen LogP contribution in [0.25, 0.3) is 0 Å². The Bertz CT molecular complexity index is 217. The Balaban J connectivity index is 1.70. The Labute approximate surface area is 85.6 Å². The first kappa shape index (κ1) is 9.97. The lowest BCUT2D eigenvalue weighted by Crippen LogP contribution is -2.40. The summed E-state index contributed by atoms with van der Waals surface area (Å²) >= 11 is 0. The van der Waals surface area contributed by atoms with Crippen LogP contribution in [0.15, 0.2) is 0 Å². The van der Waals surface area contributed by atoms with Gasteiger partial charge in [-0.2, -0.15) is 0 Å². The summed E-state index contributed by atoms with van der Waals surface area (Å²) in [4.78, 5) is 11.8. The first-order chi connectivity index (χ1) is 6.71. The maximum atomic E-state index is 11.8. The molecule has 1 atom stereocenters. The topological polar surface area (TPSA) is 41.1 Å². The van der Waals surface area contributed by atoms with Gasteiger partial charge in [0.05, 0.1) is 5.41 Å². The number of rotatable bonds is 4. The van der Waals surface area contributed by atoms with Gasteiger partial charge in [-0.1, -0.05) is 12.8 Å². The maximum absolute atomic E-state index is 11.8. The Kier molecular flexibility index (Phi) is 2.77. The van der Waals surface area contributed by atoms with E-state index in [0.717, 1.165) is 32.0 Å². The van der Waals surface area contributed by atoms with Gasteiger partial charge in [-0.15, -0.1) is 0 Å². The van der Waals surface area contributed by atoms with Gasteiger partial charge in [0.15, 0.2) is 0 Å². The van der Waals surface area contributed by atoms with E-state index in [4.69, 9.17) is 0 Å². The van der Waals surface area contributed by atoms with E-state index in [1.54, 1.807) is 0 Å². The van der Waals surface area contributed by atoms with Crippen molar-refractivity contribution in [3.8, 4) is 0 Å². The zero-order chi connectivity index (χ0) is 10.0. The highest BCUT2D eigenvalue weighted by atomic mass is 16.2. The van der Waals surface area contributed by atoms with Crippen molar-refractivity contribution in [1.82, 2.24) is 10.6 Å². The minimum Gasteiger partial charge on any atom is -0.356 e. The second-order valence-electron chi connectivity index (χ2n) is 4.98. The summed E-state index contributed by atoms with van der Waals surface area (Å²) in [5.74, 6) is 1.15. The predicted molar refractivity (Wildman–Crippen MR) is 55.9 cm³/mol. The van der Waals surface area contributed by atoms with Crippen molar-refractivity contribution in [2.45, 2.75) is 32.6 Å². The van der Waals surface area contributed by atoms with E-state index < -0.39 is 0 Å². The number of hydrogen-bond acceptors (Lipinski definition) is 2. The van der Waals surface area contributed by atoms with Gasteiger partial charge in [-0.3, -0.25) is 4.79 Å². The molecule has 1 aliphatic heterocycles. The maximum Gasteiger partial charge on any atom is 0.227 e. The molecule has 2 aliphatic rings. The Morgan fingerprint density at radius 1 is 1.57 bits per heavy atom. The molecule has 1 amide bonds. The number of carbonyl (C=O) groups excluding carboxylic acids is 1. The molecule has 80 valence electrons. The van der Waals surface area contributed by atoms with Crippen molar-refractivity contribution < 1.29 is 4.79 Å². The van der Waals surface area contributed by atoms with E-state index in [9.17, 15) is 4.79 Å². The highest BCUT2D eigenvalue weighted by molar-refractivity contribution is 5.82. The third-order valence-corrected chi connectivity index (χ3v) is 3.45. The quantitative estimate of drug-likeness (QED) is 0.701. The zero-order valence-corrected chi connectivity index (χ0v) is 8.94. The summed E-state index contributed by atoms with van der Waals surface area (Å²) in [7, 11) is 0. The van der Waals surface area contributed by atoms with Crippen molar-refractivity contribution in [2.24, 2.45) is 11.3 Å². The fourth-order valence-electron chi connectivity index (χ4n) is 2.02. The van der Waals surface area contributed by atoms with Crippen LogP contribution in [0.4, 0.5) is 0 Å². The lowest BCUT2D eigenvalue weighted by Gasteiger charge is -2.21. The average molecular weight is 196 g/mol. The Morgan fingerprint density at radius 2 is 2.36 bits per heavy atom. The molecular weight excluding hydrogens is 176 g/mol. The minimum atomic E-state index is -0.149. The summed E-state index contributed by atoms with van der Waals surface area (Å²) in [5, 5.41) is 6.30. The first-order valence-electron chi connectivity index (χ1n) is 5.70. The molecule has 3 heteroatoms. The molecule has 1 aliphatic carbocycles. The third-order valence-electron chi connectivity index (χ3n) is 3.45. The highest BCUT2D eigenvalue weighted by Crippen LogP contribution is 2.32. The van der Waals surface area contributed by atoms with Gasteiger partial charge in [-0.05, 0) is 32.2 Å². The van der Waals surface area contributed by atoms with E-state index in [2.05, 4.69) is 17.6 Å². The van der Waals surface area contributed by atoms with Crippen molar-refractivity contribution in [2.75, 3.05) is 19.6 Å². The van der Waals surface area contributed by atoms with Crippen LogP contribution in [0.1, 0.15) is 32.6 Å². The van der Waals surface area contributed by atoms with E-state index >= 15 is 0 Å². The summed E-state index contributed by atoms with van der Waals surface area (Å²) in [6, 6.07) is 0. The molecule has 14 heavy (non-hydrogen) atoms. The van der Waals surface area contributed by atoms with Crippen molar-refractivity contribution in [3.63, 3.8) is 0 Å². The summed E-state index contributed by atoms with van der Waals surface area (Å²) < 4.78 is 0. The van der Waals surface area contributed by atoms with E-state index in [1.165, 1.54) is 19.3 Å². The van der Waals surface area contributed by atoms with Crippen LogP contribution in [0.2, 0.25) is 0 Å². The van der Waals surface area contributed by atoms with Crippen LogP contribution in [-0.4, -0.2) is 25.5 Å². The molecule has 0 aromatic heterocycles. The fraction of sp³-hybridized carbons (Fsp3) is 0.909. The predicted octanol–water partition coefficient (Wildman–Crippen LogP) is 0.902. The summed E-state index contributed by atoms with van der Waals surface area (Å²) in [6.07, 6.45) is 4.89. The van der Waals surface area contributed by atoms with Crippen LogP contribution in [0.3, 0.4) is 0 Å². The molecule has 0 aromatic carbocycles. The number of amides is 1. The molecule has 3 nitrogen and oxygen atoms in total. The van der Waals surface area contributed by atoms with Crippen molar-refractivity contribution in [1.29, 1.82) is 0 Å². The SMILES string of the molecule is CC1(C(=O)NCCC2CC2)CCNC1.